The third-order valence-corrected chi connectivity index (χ3v) is 2.45. The zero-order valence-corrected chi connectivity index (χ0v) is 10.6. The number of rotatable bonds is 6. The molecule has 8 heteroatoms. The quantitative estimate of drug-likeness (QED) is 0.559. The van der Waals surface area contributed by atoms with Gasteiger partial charge in [0.25, 0.3) is 0 Å². The molecule has 1 rings (SSSR count). The van der Waals surface area contributed by atoms with Crippen LogP contribution in [0.25, 0.3) is 0 Å². The Morgan fingerprint density at radius 3 is 2.63 bits per heavy atom. The van der Waals surface area contributed by atoms with Crippen molar-refractivity contribution < 1.29 is 19.2 Å². The number of nitro groups is 1. The molecule has 0 aromatic heterocycles. The Morgan fingerprint density at radius 2 is 2.16 bits per heavy atom. The van der Waals surface area contributed by atoms with Crippen molar-refractivity contribution >= 4 is 11.6 Å². The molecule has 1 aromatic carbocycles. The normalized spacial score (nSPS) is 13.4. The fourth-order valence-corrected chi connectivity index (χ4v) is 1.19. The summed E-state index contributed by atoms with van der Waals surface area (Å²) in [5, 5.41) is 10.8. The summed E-state index contributed by atoms with van der Waals surface area (Å²) in [6.07, 6.45) is 0. The molecule has 4 N–H and O–H groups in total. The van der Waals surface area contributed by atoms with E-state index in [1.807, 2.05) is 0 Å². The molecule has 104 valence electrons. The molecule has 0 saturated heterocycles. The Kier molecular flexibility index (Phi) is 4.28. The number of benzene rings is 1. The average molecular weight is 269 g/mol. The maximum absolute atomic E-state index is 11.0. The third kappa shape index (κ3) is 3.55. The van der Waals surface area contributed by atoms with Gasteiger partial charge in [0, 0.05) is 12.1 Å². The van der Waals surface area contributed by atoms with E-state index in [2.05, 4.69) is 0 Å². The second-order valence-electron chi connectivity index (χ2n) is 4.16. The van der Waals surface area contributed by atoms with Gasteiger partial charge >= 0.3 is 5.69 Å². The highest BCUT2D eigenvalue weighted by atomic mass is 16.6. The smallest absolute Gasteiger partial charge is 0.311 e. The van der Waals surface area contributed by atoms with Crippen LogP contribution >= 0.6 is 0 Å². The number of hydrogen-bond donors (Lipinski definition) is 2. The van der Waals surface area contributed by atoms with Gasteiger partial charge in [0.2, 0.25) is 11.7 Å². The summed E-state index contributed by atoms with van der Waals surface area (Å²) in [6.45, 7) is 1.09. The Labute approximate surface area is 109 Å². The van der Waals surface area contributed by atoms with Crippen molar-refractivity contribution in [1.29, 1.82) is 0 Å². The molecule has 1 amide bonds. The van der Waals surface area contributed by atoms with Gasteiger partial charge in [-0.1, -0.05) is 0 Å². The molecule has 0 aliphatic rings. The van der Waals surface area contributed by atoms with Crippen LogP contribution in [-0.2, 0) is 4.79 Å². The van der Waals surface area contributed by atoms with E-state index in [0.29, 0.717) is 5.75 Å². The number of hydrogen-bond acceptors (Lipinski definition) is 6. The van der Waals surface area contributed by atoms with Crippen LogP contribution in [0.3, 0.4) is 0 Å². The van der Waals surface area contributed by atoms with E-state index in [1.54, 1.807) is 0 Å². The van der Waals surface area contributed by atoms with Gasteiger partial charge in [-0.3, -0.25) is 14.9 Å². The first-order valence-electron chi connectivity index (χ1n) is 5.32. The number of ether oxygens (including phenoxy) is 2. The minimum Gasteiger partial charge on any atom is -0.497 e. The molecule has 0 radical (unpaired) electrons. The van der Waals surface area contributed by atoms with Gasteiger partial charge in [0.1, 0.15) is 17.9 Å². The van der Waals surface area contributed by atoms with Gasteiger partial charge in [-0.2, -0.15) is 0 Å². The highest BCUT2D eigenvalue weighted by Gasteiger charge is 2.28. The number of nitro benzene ring substituents is 1. The second-order valence-corrected chi connectivity index (χ2v) is 4.16. The largest absolute Gasteiger partial charge is 0.497 e. The van der Waals surface area contributed by atoms with E-state index < -0.39 is 16.4 Å². The van der Waals surface area contributed by atoms with Gasteiger partial charge in [0.15, 0.2) is 0 Å². The maximum Gasteiger partial charge on any atom is 0.311 e. The van der Waals surface area contributed by atoms with Crippen LogP contribution in [0.5, 0.6) is 11.5 Å². The summed E-state index contributed by atoms with van der Waals surface area (Å²) >= 11 is 0. The van der Waals surface area contributed by atoms with Crippen molar-refractivity contribution in [3.05, 3.63) is 28.3 Å². The van der Waals surface area contributed by atoms with Crippen LogP contribution in [0.2, 0.25) is 0 Å². The summed E-state index contributed by atoms with van der Waals surface area (Å²) < 4.78 is 10.2. The lowest BCUT2D eigenvalue weighted by Gasteiger charge is -2.20. The zero-order valence-electron chi connectivity index (χ0n) is 10.6. The SMILES string of the molecule is COc1ccc([N+](=O)[O-])c(OCC(C)(N)C(N)=O)c1. The van der Waals surface area contributed by atoms with Crippen molar-refractivity contribution in [2.45, 2.75) is 12.5 Å². The van der Waals surface area contributed by atoms with E-state index >= 15 is 0 Å². The van der Waals surface area contributed by atoms with Crippen molar-refractivity contribution in [1.82, 2.24) is 0 Å². The standard InChI is InChI=1S/C11H15N3O5/c1-11(13,10(12)15)6-19-9-5-7(18-2)3-4-8(9)14(16)17/h3-5H,6,13H2,1-2H3,(H2,12,15). The predicted octanol–water partition coefficient (Wildman–Crippen LogP) is 0.185. The van der Waals surface area contributed by atoms with Gasteiger partial charge in [-0.25, -0.2) is 0 Å². The molecule has 0 spiro atoms. The fraction of sp³-hybridized carbons (Fsp3) is 0.364. The Bertz CT molecular complexity index is 501. The van der Waals surface area contributed by atoms with E-state index in [4.69, 9.17) is 20.9 Å². The molecule has 19 heavy (non-hydrogen) atoms. The molecule has 0 heterocycles. The minimum atomic E-state index is -1.42. The number of methoxy groups -OCH3 is 1. The molecule has 0 saturated carbocycles. The van der Waals surface area contributed by atoms with E-state index in [1.165, 1.54) is 32.2 Å². The van der Waals surface area contributed by atoms with Crippen LogP contribution in [0.1, 0.15) is 6.92 Å². The number of carbonyl (C=O) groups excluding carboxylic acids is 1. The third-order valence-electron chi connectivity index (χ3n) is 2.45. The number of nitrogens with zero attached hydrogens (tertiary/aromatic N) is 1. The second kappa shape index (κ2) is 5.53. The van der Waals surface area contributed by atoms with Crippen LogP contribution in [0.4, 0.5) is 5.69 Å². The average Bonchev–Trinajstić information content (AvgIpc) is 2.35. The molecule has 1 aromatic rings. The molecule has 0 aliphatic heterocycles. The molecule has 1 unspecified atom stereocenters. The summed E-state index contributed by atoms with van der Waals surface area (Å²) in [5.74, 6) is -0.418. The van der Waals surface area contributed by atoms with E-state index in [-0.39, 0.29) is 18.0 Å². The molecular weight excluding hydrogens is 254 g/mol. The monoisotopic (exact) mass is 269 g/mol. The Hall–Kier alpha value is -2.35. The van der Waals surface area contributed by atoms with Crippen LogP contribution in [0, 0.1) is 10.1 Å². The number of amides is 1. The molecule has 0 fully saturated rings. The lowest BCUT2D eigenvalue weighted by atomic mass is 10.1. The molecule has 1 atom stereocenters. The van der Waals surface area contributed by atoms with E-state index in [9.17, 15) is 14.9 Å². The van der Waals surface area contributed by atoms with Crippen molar-refractivity contribution in [3.8, 4) is 11.5 Å². The number of primary amides is 1. The summed E-state index contributed by atoms with van der Waals surface area (Å²) in [4.78, 5) is 21.3. The fourth-order valence-electron chi connectivity index (χ4n) is 1.19. The van der Waals surface area contributed by atoms with Crippen LogP contribution in [0.15, 0.2) is 18.2 Å². The molecule has 8 nitrogen and oxygen atoms in total. The van der Waals surface area contributed by atoms with Crippen LogP contribution < -0.4 is 20.9 Å². The van der Waals surface area contributed by atoms with Crippen LogP contribution in [-0.4, -0.2) is 30.1 Å². The molecule has 0 aliphatic carbocycles. The predicted molar refractivity (Wildman–Crippen MR) is 66.9 cm³/mol. The lowest BCUT2D eigenvalue weighted by molar-refractivity contribution is -0.385. The lowest BCUT2D eigenvalue weighted by Crippen LogP contribution is -2.53. The summed E-state index contributed by atoms with van der Waals surface area (Å²) in [6, 6.07) is 4.02. The first-order valence-corrected chi connectivity index (χ1v) is 5.32. The van der Waals surface area contributed by atoms with Gasteiger partial charge in [-0.05, 0) is 13.0 Å². The zero-order chi connectivity index (χ0) is 14.6. The maximum atomic E-state index is 11.0. The van der Waals surface area contributed by atoms with Gasteiger partial charge < -0.3 is 20.9 Å². The van der Waals surface area contributed by atoms with Gasteiger partial charge in [-0.15, -0.1) is 0 Å². The van der Waals surface area contributed by atoms with Gasteiger partial charge in [0.05, 0.1) is 12.0 Å². The molecular formula is C11H15N3O5. The molecule has 0 bridgehead atoms. The summed E-state index contributed by atoms with van der Waals surface area (Å²) in [7, 11) is 1.42. The first kappa shape index (κ1) is 14.7. The Balaban J connectivity index is 2.98. The van der Waals surface area contributed by atoms with E-state index in [0.717, 1.165) is 0 Å². The number of carbonyl (C=O) groups is 1. The Morgan fingerprint density at radius 1 is 1.53 bits per heavy atom. The number of nitrogens with two attached hydrogens (primary N) is 2. The van der Waals surface area contributed by atoms with Crippen molar-refractivity contribution in [2.75, 3.05) is 13.7 Å². The highest BCUT2D eigenvalue weighted by molar-refractivity contribution is 5.84. The minimum absolute atomic E-state index is 0.0396. The first-order chi connectivity index (χ1) is 8.77. The topological polar surface area (TPSA) is 131 Å². The van der Waals surface area contributed by atoms with Crippen molar-refractivity contribution in [3.63, 3.8) is 0 Å². The summed E-state index contributed by atoms with van der Waals surface area (Å²) in [5.41, 5.74) is 9.02. The van der Waals surface area contributed by atoms with Crippen molar-refractivity contribution in [2.24, 2.45) is 11.5 Å². The highest BCUT2D eigenvalue weighted by Crippen LogP contribution is 2.31.